The standard InChI is InChI=1S/C23H32N4O3.HI/c1-17(2)30-21-11-9-19(10-12-21)27-23(25-15-13-20-5-4-16-29-20)24-14-3-6-22(28)26-18-7-8-18;/h4-5,9-12,16-18H,3,6-8,13-15H2,1-2H3,(H,26,28)(H2,24,25,27);1H. The zero-order valence-electron chi connectivity index (χ0n) is 18.2. The molecular weight excluding hydrogens is 507 g/mol. The summed E-state index contributed by atoms with van der Waals surface area (Å²) >= 11 is 0. The molecule has 1 saturated carbocycles. The number of ether oxygens (including phenoxy) is 1. The number of carbonyl (C=O) groups excluding carboxylic acids is 1. The molecule has 1 amide bonds. The van der Waals surface area contributed by atoms with Gasteiger partial charge in [0.2, 0.25) is 5.91 Å². The first-order chi connectivity index (χ1) is 14.6. The third-order valence-electron chi connectivity index (χ3n) is 4.51. The van der Waals surface area contributed by atoms with Gasteiger partial charge in [0, 0.05) is 37.7 Å². The maximum Gasteiger partial charge on any atom is 0.220 e. The highest BCUT2D eigenvalue weighted by molar-refractivity contribution is 14.0. The van der Waals surface area contributed by atoms with E-state index >= 15 is 0 Å². The van der Waals surface area contributed by atoms with Crippen LogP contribution >= 0.6 is 24.0 Å². The molecule has 0 aliphatic heterocycles. The summed E-state index contributed by atoms with van der Waals surface area (Å²) in [7, 11) is 0. The summed E-state index contributed by atoms with van der Waals surface area (Å²) in [6, 6.07) is 12.0. The van der Waals surface area contributed by atoms with Crippen molar-refractivity contribution in [2.75, 3.05) is 18.4 Å². The predicted octanol–water partition coefficient (Wildman–Crippen LogP) is 4.34. The molecule has 1 aromatic carbocycles. The van der Waals surface area contributed by atoms with Gasteiger partial charge in [-0.25, -0.2) is 0 Å². The molecule has 1 fully saturated rings. The van der Waals surface area contributed by atoms with Crippen LogP contribution < -0.4 is 20.7 Å². The van der Waals surface area contributed by atoms with Crippen molar-refractivity contribution < 1.29 is 13.9 Å². The van der Waals surface area contributed by atoms with Gasteiger partial charge in [-0.3, -0.25) is 9.79 Å². The highest BCUT2D eigenvalue weighted by Gasteiger charge is 2.22. The van der Waals surface area contributed by atoms with Crippen LogP contribution in [0.2, 0.25) is 0 Å². The number of benzene rings is 1. The summed E-state index contributed by atoms with van der Waals surface area (Å²) in [5.41, 5.74) is 0.918. The van der Waals surface area contributed by atoms with Crippen LogP contribution in [-0.2, 0) is 11.2 Å². The van der Waals surface area contributed by atoms with Crippen LogP contribution in [0.4, 0.5) is 5.69 Å². The summed E-state index contributed by atoms with van der Waals surface area (Å²) in [6.45, 7) is 5.27. The Bertz CT molecular complexity index is 803. The Morgan fingerprint density at radius 2 is 2.00 bits per heavy atom. The molecule has 3 rings (SSSR count). The highest BCUT2D eigenvalue weighted by atomic mass is 127. The zero-order valence-corrected chi connectivity index (χ0v) is 20.6. The van der Waals surface area contributed by atoms with Crippen molar-refractivity contribution in [1.29, 1.82) is 0 Å². The van der Waals surface area contributed by atoms with Gasteiger partial charge in [0.1, 0.15) is 11.5 Å². The van der Waals surface area contributed by atoms with Gasteiger partial charge in [0.25, 0.3) is 0 Å². The molecule has 0 saturated heterocycles. The van der Waals surface area contributed by atoms with Crippen molar-refractivity contribution in [1.82, 2.24) is 10.6 Å². The summed E-state index contributed by atoms with van der Waals surface area (Å²) in [6.07, 6.45) is 6.01. The number of aliphatic imine (C=N–C) groups is 1. The molecule has 1 aromatic heterocycles. The second-order valence-corrected chi connectivity index (χ2v) is 7.75. The van der Waals surface area contributed by atoms with E-state index < -0.39 is 0 Å². The van der Waals surface area contributed by atoms with Crippen molar-refractivity contribution >= 4 is 41.5 Å². The molecule has 0 spiro atoms. The van der Waals surface area contributed by atoms with Crippen molar-refractivity contribution in [3.63, 3.8) is 0 Å². The maximum absolute atomic E-state index is 11.8. The largest absolute Gasteiger partial charge is 0.491 e. The smallest absolute Gasteiger partial charge is 0.220 e. The number of hydrogen-bond acceptors (Lipinski definition) is 4. The quantitative estimate of drug-likeness (QED) is 0.171. The number of nitrogens with one attached hydrogen (secondary N) is 3. The molecule has 2 aromatic rings. The van der Waals surface area contributed by atoms with E-state index in [0.717, 1.165) is 36.5 Å². The fraction of sp³-hybridized carbons (Fsp3) is 0.478. The first-order valence-electron chi connectivity index (χ1n) is 10.7. The summed E-state index contributed by atoms with van der Waals surface area (Å²) < 4.78 is 11.1. The Morgan fingerprint density at radius 3 is 2.65 bits per heavy atom. The van der Waals surface area contributed by atoms with E-state index in [1.54, 1.807) is 6.26 Å². The van der Waals surface area contributed by atoms with E-state index in [4.69, 9.17) is 9.15 Å². The monoisotopic (exact) mass is 540 g/mol. The molecule has 1 heterocycles. The number of anilines is 1. The minimum absolute atomic E-state index is 0. The van der Waals surface area contributed by atoms with Crippen molar-refractivity contribution in [3.05, 3.63) is 48.4 Å². The van der Waals surface area contributed by atoms with E-state index in [-0.39, 0.29) is 36.0 Å². The Labute approximate surface area is 201 Å². The molecular formula is C23H33IN4O3. The third-order valence-corrected chi connectivity index (χ3v) is 4.51. The fourth-order valence-corrected chi connectivity index (χ4v) is 2.88. The molecule has 8 heteroatoms. The Morgan fingerprint density at radius 1 is 1.23 bits per heavy atom. The van der Waals surface area contributed by atoms with E-state index in [9.17, 15) is 4.79 Å². The van der Waals surface area contributed by atoms with E-state index in [1.807, 2.05) is 50.2 Å². The summed E-state index contributed by atoms with van der Waals surface area (Å²) in [4.78, 5) is 16.5. The predicted molar refractivity (Wildman–Crippen MR) is 134 cm³/mol. The van der Waals surface area contributed by atoms with Gasteiger partial charge in [-0.15, -0.1) is 24.0 Å². The lowest BCUT2D eigenvalue weighted by atomic mass is 10.3. The first-order valence-corrected chi connectivity index (χ1v) is 10.7. The molecule has 7 nitrogen and oxygen atoms in total. The summed E-state index contributed by atoms with van der Waals surface area (Å²) in [5.74, 6) is 2.56. The van der Waals surface area contributed by atoms with Crippen LogP contribution in [0.1, 0.15) is 45.3 Å². The van der Waals surface area contributed by atoms with Crippen molar-refractivity contribution in [2.45, 2.75) is 58.1 Å². The lowest BCUT2D eigenvalue weighted by Crippen LogP contribution is -2.32. The van der Waals surface area contributed by atoms with Crippen LogP contribution in [0.15, 0.2) is 52.1 Å². The molecule has 0 bridgehead atoms. The number of carbonyl (C=O) groups is 1. The number of rotatable bonds is 11. The number of halogens is 1. The second kappa shape index (κ2) is 13.2. The lowest BCUT2D eigenvalue weighted by molar-refractivity contribution is -0.121. The normalized spacial score (nSPS) is 13.5. The van der Waals surface area contributed by atoms with Gasteiger partial charge >= 0.3 is 0 Å². The van der Waals surface area contributed by atoms with Crippen molar-refractivity contribution in [2.24, 2.45) is 4.99 Å². The Kier molecular flexibility index (Phi) is 10.7. The van der Waals surface area contributed by atoms with Gasteiger partial charge in [0.15, 0.2) is 5.96 Å². The Hall–Kier alpha value is -2.23. The second-order valence-electron chi connectivity index (χ2n) is 7.75. The highest BCUT2D eigenvalue weighted by Crippen LogP contribution is 2.19. The number of furan rings is 1. The lowest BCUT2D eigenvalue weighted by Gasteiger charge is -2.14. The minimum Gasteiger partial charge on any atom is -0.491 e. The molecule has 31 heavy (non-hydrogen) atoms. The van der Waals surface area contributed by atoms with Gasteiger partial charge in [0.05, 0.1) is 12.4 Å². The van der Waals surface area contributed by atoms with Crippen molar-refractivity contribution in [3.8, 4) is 5.75 Å². The number of hydrogen-bond donors (Lipinski definition) is 3. The van der Waals surface area contributed by atoms with E-state index in [2.05, 4.69) is 20.9 Å². The Balaban J connectivity index is 0.00000341. The summed E-state index contributed by atoms with van der Waals surface area (Å²) in [5, 5.41) is 9.66. The van der Waals surface area contributed by atoms with Gasteiger partial charge < -0.3 is 25.1 Å². The molecule has 0 unspecified atom stereocenters. The van der Waals surface area contributed by atoms with Crippen LogP contribution in [0, 0.1) is 0 Å². The number of amides is 1. The van der Waals surface area contributed by atoms with Crippen LogP contribution in [0.3, 0.4) is 0 Å². The third kappa shape index (κ3) is 10.1. The fourth-order valence-electron chi connectivity index (χ4n) is 2.88. The minimum atomic E-state index is 0. The molecule has 170 valence electrons. The molecule has 1 aliphatic carbocycles. The van der Waals surface area contributed by atoms with Gasteiger partial charge in [-0.05, 0) is 69.5 Å². The maximum atomic E-state index is 11.8. The van der Waals surface area contributed by atoms with Crippen LogP contribution in [0.25, 0.3) is 0 Å². The first kappa shape index (κ1) is 25.0. The average molecular weight is 540 g/mol. The zero-order chi connectivity index (χ0) is 21.2. The number of guanidine groups is 1. The molecule has 1 aliphatic rings. The van der Waals surface area contributed by atoms with Crippen LogP contribution in [0.5, 0.6) is 5.75 Å². The van der Waals surface area contributed by atoms with Crippen LogP contribution in [-0.4, -0.2) is 37.1 Å². The average Bonchev–Trinajstić information content (AvgIpc) is 3.37. The van der Waals surface area contributed by atoms with Gasteiger partial charge in [-0.1, -0.05) is 0 Å². The van der Waals surface area contributed by atoms with E-state index in [0.29, 0.717) is 37.9 Å². The van der Waals surface area contributed by atoms with Gasteiger partial charge in [-0.2, -0.15) is 0 Å². The number of nitrogens with zero attached hydrogens (tertiary/aromatic N) is 1. The molecule has 0 radical (unpaired) electrons. The molecule has 3 N–H and O–H groups in total. The SMILES string of the molecule is CC(C)Oc1ccc(NC(=NCCCC(=O)NC2CC2)NCCc2ccco2)cc1.I. The topological polar surface area (TPSA) is 87.9 Å². The van der Waals surface area contributed by atoms with E-state index in [1.165, 1.54) is 0 Å². The molecule has 0 atom stereocenters.